The number of carbonyl (C=O) groups is 2. The second-order valence-electron chi connectivity index (χ2n) is 5.86. The summed E-state index contributed by atoms with van der Waals surface area (Å²) in [5.41, 5.74) is 3.47. The highest BCUT2D eigenvalue weighted by Gasteiger charge is 2.41. The highest BCUT2D eigenvalue weighted by molar-refractivity contribution is 5.83. The molecule has 0 aliphatic rings. The van der Waals surface area contributed by atoms with Gasteiger partial charge >= 0.3 is 12.1 Å². The molecule has 0 aliphatic carbocycles. The molecule has 0 spiro atoms. The second-order valence-corrected chi connectivity index (χ2v) is 5.86. The van der Waals surface area contributed by atoms with Gasteiger partial charge in [0.2, 0.25) is 0 Å². The molecule has 3 N–H and O–H groups in total. The van der Waals surface area contributed by atoms with Gasteiger partial charge in [-0.2, -0.15) is 0 Å². The maximum absolute atomic E-state index is 12.0. The van der Waals surface area contributed by atoms with E-state index in [2.05, 4.69) is 0 Å². The van der Waals surface area contributed by atoms with Gasteiger partial charge in [0, 0.05) is 7.05 Å². The summed E-state index contributed by atoms with van der Waals surface area (Å²) in [6.07, 6.45) is 1.08. The molecule has 0 heterocycles. The lowest BCUT2D eigenvalue weighted by Gasteiger charge is -2.36. The Morgan fingerprint density at radius 3 is 2.11 bits per heavy atom. The third kappa shape index (κ3) is 5.46. The molecule has 0 aromatic heterocycles. The van der Waals surface area contributed by atoms with Crippen molar-refractivity contribution in [3.63, 3.8) is 0 Å². The zero-order valence-electron chi connectivity index (χ0n) is 12.5. The number of carboxylic acids is 1. The molecule has 0 radical (unpaired) electrons. The van der Waals surface area contributed by atoms with Crippen LogP contribution in [0.4, 0.5) is 4.79 Å². The minimum atomic E-state index is -1.28. The van der Waals surface area contributed by atoms with Gasteiger partial charge in [0.25, 0.3) is 0 Å². The summed E-state index contributed by atoms with van der Waals surface area (Å²) in [6, 6.07) is 0. The van der Waals surface area contributed by atoms with Crippen molar-refractivity contribution < 1.29 is 19.4 Å². The molecule has 0 saturated carbocycles. The lowest BCUT2D eigenvalue weighted by atomic mass is 9.93. The van der Waals surface area contributed by atoms with E-state index >= 15 is 0 Å². The molecule has 0 unspecified atom stereocenters. The Labute approximate surface area is 114 Å². The molecule has 0 rings (SSSR count). The fourth-order valence-corrected chi connectivity index (χ4v) is 1.56. The molecule has 19 heavy (non-hydrogen) atoms. The highest BCUT2D eigenvalue weighted by atomic mass is 16.6. The Balaban J connectivity index is 4.87. The van der Waals surface area contributed by atoms with Crippen molar-refractivity contribution >= 4 is 12.1 Å². The standard InChI is InChI=1S/C13H26N2O4/c1-12(2,3)19-11(18)15(5)13(4,10(16)17)8-6-7-9-14/h6-9,14H2,1-5H3,(H,16,17)/t13-/m0/s1. The number of ether oxygens (including phenoxy) is 1. The van der Waals surface area contributed by atoms with E-state index in [4.69, 9.17) is 10.5 Å². The zero-order valence-corrected chi connectivity index (χ0v) is 12.5. The lowest BCUT2D eigenvalue weighted by Crippen LogP contribution is -2.54. The molecule has 1 atom stereocenters. The lowest BCUT2D eigenvalue weighted by molar-refractivity contribution is -0.149. The van der Waals surface area contributed by atoms with Gasteiger partial charge in [0.05, 0.1) is 0 Å². The van der Waals surface area contributed by atoms with Gasteiger partial charge < -0.3 is 15.6 Å². The van der Waals surface area contributed by atoms with Gasteiger partial charge in [-0.15, -0.1) is 0 Å². The first-order chi connectivity index (χ1) is 8.54. The number of unbranched alkanes of at least 4 members (excludes halogenated alkanes) is 1. The van der Waals surface area contributed by atoms with Crippen LogP contribution in [0.5, 0.6) is 0 Å². The zero-order chi connectivity index (χ0) is 15.3. The van der Waals surface area contributed by atoms with Gasteiger partial charge in [-0.25, -0.2) is 9.59 Å². The molecule has 112 valence electrons. The SMILES string of the molecule is CN(C(=O)OC(C)(C)C)[C@@](C)(CCCCN)C(=O)O. The van der Waals surface area contributed by atoms with Crippen molar-refractivity contribution in [1.82, 2.24) is 4.90 Å². The Bertz CT molecular complexity index is 325. The Morgan fingerprint density at radius 2 is 1.74 bits per heavy atom. The van der Waals surface area contributed by atoms with Crippen LogP contribution in [-0.2, 0) is 9.53 Å². The van der Waals surface area contributed by atoms with Gasteiger partial charge in [-0.05, 0) is 53.5 Å². The van der Waals surface area contributed by atoms with Crippen LogP contribution in [0.25, 0.3) is 0 Å². The first kappa shape index (κ1) is 17.7. The third-order valence-electron chi connectivity index (χ3n) is 2.99. The predicted molar refractivity (Wildman–Crippen MR) is 72.9 cm³/mol. The van der Waals surface area contributed by atoms with E-state index in [0.29, 0.717) is 19.4 Å². The van der Waals surface area contributed by atoms with Crippen LogP contribution < -0.4 is 5.73 Å². The van der Waals surface area contributed by atoms with Crippen molar-refractivity contribution in [3.05, 3.63) is 0 Å². The molecular formula is C13H26N2O4. The summed E-state index contributed by atoms with van der Waals surface area (Å²) >= 11 is 0. The van der Waals surface area contributed by atoms with E-state index in [1.54, 1.807) is 20.8 Å². The van der Waals surface area contributed by atoms with E-state index in [-0.39, 0.29) is 0 Å². The smallest absolute Gasteiger partial charge is 0.410 e. The van der Waals surface area contributed by atoms with Crippen molar-refractivity contribution in [2.45, 2.75) is 58.1 Å². The Morgan fingerprint density at radius 1 is 1.21 bits per heavy atom. The van der Waals surface area contributed by atoms with Crippen LogP contribution in [-0.4, -0.2) is 46.8 Å². The minimum Gasteiger partial charge on any atom is -0.480 e. The van der Waals surface area contributed by atoms with E-state index in [1.165, 1.54) is 14.0 Å². The fourth-order valence-electron chi connectivity index (χ4n) is 1.56. The monoisotopic (exact) mass is 274 g/mol. The molecule has 0 saturated heterocycles. The van der Waals surface area contributed by atoms with Crippen molar-refractivity contribution in [3.8, 4) is 0 Å². The normalized spacial score (nSPS) is 14.6. The highest BCUT2D eigenvalue weighted by Crippen LogP contribution is 2.23. The first-order valence-electron chi connectivity index (χ1n) is 6.45. The molecule has 1 amide bonds. The number of likely N-dealkylation sites (N-methyl/N-ethyl adjacent to an activating group) is 1. The topological polar surface area (TPSA) is 92.9 Å². The number of hydrogen-bond acceptors (Lipinski definition) is 4. The van der Waals surface area contributed by atoms with Crippen molar-refractivity contribution in [2.75, 3.05) is 13.6 Å². The number of nitrogens with two attached hydrogens (primary N) is 1. The van der Waals surface area contributed by atoms with Gasteiger partial charge in [-0.3, -0.25) is 4.90 Å². The largest absolute Gasteiger partial charge is 0.480 e. The summed E-state index contributed by atoms with van der Waals surface area (Å²) in [5, 5.41) is 9.37. The number of hydrogen-bond donors (Lipinski definition) is 2. The molecule has 0 aromatic carbocycles. The number of aliphatic carboxylic acids is 1. The van der Waals surface area contributed by atoms with Crippen LogP contribution in [0.2, 0.25) is 0 Å². The average molecular weight is 274 g/mol. The Kier molecular flexibility index (Phi) is 6.29. The molecule has 6 nitrogen and oxygen atoms in total. The van der Waals surface area contributed by atoms with Crippen molar-refractivity contribution in [2.24, 2.45) is 5.73 Å². The number of nitrogens with zero attached hydrogens (tertiary/aromatic N) is 1. The van der Waals surface area contributed by atoms with Crippen LogP contribution in [0, 0.1) is 0 Å². The van der Waals surface area contributed by atoms with E-state index < -0.39 is 23.2 Å². The van der Waals surface area contributed by atoms with E-state index in [9.17, 15) is 14.7 Å². The molecule has 0 aliphatic heterocycles. The molecular weight excluding hydrogens is 248 g/mol. The molecule has 0 aromatic rings. The summed E-state index contributed by atoms with van der Waals surface area (Å²) in [6.45, 7) is 7.25. The number of amides is 1. The molecule has 0 fully saturated rings. The summed E-state index contributed by atoms with van der Waals surface area (Å²) in [4.78, 5) is 24.6. The third-order valence-corrected chi connectivity index (χ3v) is 2.99. The second kappa shape index (κ2) is 6.75. The maximum Gasteiger partial charge on any atom is 0.410 e. The number of rotatable bonds is 6. The summed E-state index contributed by atoms with van der Waals surface area (Å²) < 4.78 is 5.20. The van der Waals surface area contributed by atoms with E-state index in [0.717, 1.165) is 11.3 Å². The van der Waals surface area contributed by atoms with Gasteiger partial charge in [0.1, 0.15) is 11.1 Å². The quantitative estimate of drug-likeness (QED) is 0.721. The molecule has 6 heteroatoms. The maximum atomic E-state index is 12.0. The predicted octanol–water partition coefficient (Wildman–Crippen LogP) is 1.83. The minimum absolute atomic E-state index is 0.343. The van der Waals surface area contributed by atoms with E-state index in [1.807, 2.05) is 0 Å². The van der Waals surface area contributed by atoms with Gasteiger partial charge in [0.15, 0.2) is 0 Å². The summed E-state index contributed by atoms with van der Waals surface area (Å²) in [5.74, 6) is -1.04. The Hall–Kier alpha value is -1.30. The van der Waals surface area contributed by atoms with Crippen LogP contribution in [0.1, 0.15) is 47.0 Å². The van der Waals surface area contributed by atoms with Crippen LogP contribution in [0.3, 0.4) is 0 Å². The van der Waals surface area contributed by atoms with Crippen molar-refractivity contribution in [1.29, 1.82) is 0 Å². The number of carbonyl (C=O) groups excluding carboxylic acids is 1. The van der Waals surface area contributed by atoms with Crippen LogP contribution >= 0.6 is 0 Å². The first-order valence-corrected chi connectivity index (χ1v) is 6.45. The average Bonchev–Trinajstić information content (AvgIpc) is 2.25. The fraction of sp³-hybridized carbons (Fsp3) is 0.846. The van der Waals surface area contributed by atoms with Gasteiger partial charge in [-0.1, -0.05) is 0 Å². The molecule has 0 bridgehead atoms. The number of carboxylic acid groups (broad SMARTS) is 1. The van der Waals surface area contributed by atoms with Crippen LogP contribution in [0.15, 0.2) is 0 Å². The summed E-state index contributed by atoms with van der Waals surface area (Å²) in [7, 11) is 1.45.